The quantitative estimate of drug-likeness (QED) is 0.875. The molecule has 0 aromatic heterocycles. The van der Waals surface area contributed by atoms with Crippen molar-refractivity contribution in [1.29, 1.82) is 0 Å². The van der Waals surface area contributed by atoms with Gasteiger partial charge in [-0.2, -0.15) is 0 Å². The van der Waals surface area contributed by atoms with Gasteiger partial charge in [0.05, 0.1) is 18.3 Å². The second-order valence-electron chi connectivity index (χ2n) is 6.38. The number of carbonyl (C=O) groups excluding carboxylic acids is 1. The Balaban J connectivity index is 1.71. The molecule has 1 saturated heterocycles. The predicted octanol–water partition coefficient (Wildman–Crippen LogP) is 3.56. The molecule has 0 saturated carbocycles. The molecule has 2 N–H and O–H groups in total. The number of hydrogen-bond acceptors (Lipinski definition) is 3. The van der Waals surface area contributed by atoms with Gasteiger partial charge >= 0.3 is 6.03 Å². The summed E-state index contributed by atoms with van der Waals surface area (Å²) < 4.78 is 5.94. The molecule has 132 valence electrons. The van der Waals surface area contributed by atoms with Crippen LogP contribution in [0.2, 0.25) is 0 Å². The molecule has 0 aliphatic carbocycles. The molecule has 1 heterocycles. The molecule has 1 fully saturated rings. The topological polar surface area (TPSA) is 61.8 Å². The summed E-state index contributed by atoms with van der Waals surface area (Å²) in [7, 11) is 0. The van der Waals surface area contributed by atoms with Crippen molar-refractivity contribution in [1.82, 2.24) is 4.90 Å². The lowest BCUT2D eigenvalue weighted by molar-refractivity contribution is 0.166. The first-order valence-electron chi connectivity index (χ1n) is 8.63. The van der Waals surface area contributed by atoms with Crippen molar-refractivity contribution >= 4 is 11.7 Å². The number of anilines is 1. The van der Waals surface area contributed by atoms with Gasteiger partial charge in [0.25, 0.3) is 0 Å². The van der Waals surface area contributed by atoms with E-state index in [-0.39, 0.29) is 18.7 Å². The average molecular weight is 340 g/mol. The number of nitrogens with one attached hydrogen (secondary N) is 1. The number of hydrogen-bond donors (Lipinski definition) is 2. The van der Waals surface area contributed by atoms with Gasteiger partial charge in [0.15, 0.2) is 0 Å². The molecule has 0 bridgehead atoms. The van der Waals surface area contributed by atoms with E-state index in [0.717, 1.165) is 24.0 Å². The van der Waals surface area contributed by atoms with Crippen LogP contribution in [-0.4, -0.2) is 35.2 Å². The monoisotopic (exact) mass is 340 g/mol. The van der Waals surface area contributed by atoms with Crippen LogP contribution in [-0.2, 0) is 6.61 Å². The van der Waals surface area contributed by atoms with E-state index < -0.39 is 0 Å². The number of aliphatic hydroxyl groups excluding tert-OH is 1. The average Bonchev–Trinajstić information content (AvgIpc) is 3.11. The number of urea groups is 1. The maximum Gasteiger partial charge on any atom is 0.322 e. The Labute approximate surface area is 148 Å². The lowest BCUT2D eigenvalue weighted by Gasteiger charge is -2.24. The number of nitrogens with zero attached hydrogens (tertiary/aromatic N) is 1. The summed E-state index contributed by atoms with van der Waals surface area (Å²) in [5, 5.41) is 12.3. The van der Waals surface area contributed by atoms with Crippen molar-refractivity contribution in [3.63, 3.8) is 0 Å². The molecular formula is C20H24N2O3. The van der Waals surface area contributed by atoms with E-state index in [1.807, 2.05) is 55.5 Å². The zero-order valence-electron chi connectivity index (χ0n) is 14.4. The number of benzene rings is 2. The molecule has 25 heavy (non-hydrogen) atoms. The number of aliphatic hydroxyl groups is 1. The summed E-state index contributed by atoms with van der Waals surface area (Å²) in [6.07, 6.45) is 1.76. The summed E-state index contributed by atoms with van der Waals surface area (Å²) in [4.78, 5) is 14.2. The van der Waals surface area contributed by atoms with E-state index >= 15 is 0 Å². The van der Waals surface area contributed by atoms with Crippen molar-refractivity contribution in [2.24, 2.45) is 0 Å². The summed E-state index contributed by atoms with van der Waals surface area (Å²) in [5.41, 5.74) is 2.78. The lowest BCUT2D eigenvalue weighted by Crippen LogP contribution is -2.40. The Kier molecular flexibility index (Phi) is 5.56. The lowest BCUT2D eigenvalue weighted by atomic mass is 10.2. The molecule has 1 atom stereocenters. The summed E-state index contributed by atoms with van der Waals surface area (Å²) in [6.45, 7) is 3.10. The minimum absolute atomic E-state index is 0.00131. The van der Waals surface area contributed by atoms with Crippen LogP contribution in [0.15, 0.2) is 48.5 Å². The normalized spacial score (nSPS) is 16.7. The maximum atomic E-state index is 12.5. The third-order valence-electron chi connectivity index (χ3n) is 4.46. The molecule has 1 aliphatic rings. The Morgan fingerprint density at radius 3 is 2.84 bits per heavy atom. The first kappa shape index (κ1) is 17.3. The van der Waals surface area contributed by atoms with E-state index in [1.54, 1.807) is 4.90 Å². The second-order valence-corrected chi connectivity index (χ2v) is 6.38. The second kappa shape index (κ2) is 8.03. The van der Waals surface area contributed by atoms with Gasteiger partial charge in [-0.25, -0.2) is 4.79 Å². The van der Waals surface area contributed by atoms with Gasteiger partial charge in [0.2, 0.25) is 0 Å². The molecule has 0 radical (unpaired) electrons. The molecule has 1 aliphatic heterocycles. The van der Waals surface area contributed by atoms with Crippen LogP contribution >= 0.6 is 0 Å². The number of rotatable bonds is 5. The number of carbonyl (C=O) groups is 1. The predicted molar refractivity (Wildman–Crippen MR) is 97.8 cm³/mol. The fraction of sp³-hybridized carbons (Fsp3) is 0.350. The first-order chi connectivity index (χ1) is 12.2. The Morgan fingerprint density at radius 2 is 2.08 bits per heavy atom. The highest BCUT2D eigenvalue weighted by Gasteiger charge is 2.28. The number of likely N-dealkylation sites (tertiary alicyclic amines) is 1. The van der Waals surface area contributed by atoms with Crippen molar-refractivity contribution in [2.75, 3.05) is 18.5 Å². The molecule has 0 spiro atoms. The highest BCUT2D eigenvalue weighted by molar-refractivity contribution is 5.91. The highest BCUT2D eigenvalue weighted by atomic mass is 16.5. The van der Waals surface area contributed by atoms with E-state index in [0.29, 0.717) is 24.6 Å². The van der Waals surface area contributed by atoms with E-state index in [2.05, 4.69) is 5.32 Å². The molecule has 5 heteroatoms. The molecule has 2 amide bonds. The van der Waals surface area contributed by atoms with Gasteiger partial charge in [-0.05, 0) is 43.0 Å². The van der Waals surface area contributed by atoms with Gasteiger partial charge < -0.3 is 20.1 Å². The fourth-order valence-electron chi connectivity index (χ4n) is 3.07. The minimum atomic E-state index is -0.190. The van der Waals surface area contributed by atoms with Crippen LogP contribution < -0.4 is 10.1 Å². The summed E-state index contributed by atoms with van der Waals surface area (Å²) in [5.74, 6) is 0.650. The zero-order chi connectivity index (χ0) is 17.6. The van der Waals surface area contributed by atoms with E-state index in [9.17, 15) is 9.90 Å². The van der Waals surface area contributed by atoms with Gasteiger partial charge in [0, 0.05) is 6.54 Å². The van der Waals surface area contributed by atoms with Crippen LogP contribution in [0.4, 0.5) is 10.5 Å². The van der Waals surface area contributed by atoms with Crippen LogP contribution in [0.3, 0.4) is 0 Å². The fourth-order valence-corrected chi connectivity index (χ4v) is 3.07. The van der Waals surface area contributed by atoms with Gasteiger partial charge in [-0.1, -0.05) is 36.4 Å². The van der Waals surface area contributed by atoms with Gasteiger partial charge in [-0.15, -0.1) is 0 Å². The van der Waals surface area contributed by atoms with Crippen molar-refractivity contribution in [3.05, 3.63) is 59.7 Å². The van der Waals surface area contributed by atoms with Crippen LogP contribution in [0.1, 0.15) is 24.0 Å². The Hall–Kier alpha value is -2.53. The molecule has 0 unspecified atom stereocenters. The van der Waals surface area contributed by atoms with Crippen LogP contribution in [0.25, 0.3) is 0 Å². The number of amides is 2. The third-order valence-corrected chi connectivity index (χ3v) is 4.46. The Morgan fingerprint density at radius 1 is 1.28 bits per heavy atom. The molecule has 2 aromatic rings. The largest absolute Gasteiger partial charge is 0.487 e. The molecule has 3 rings (SSSR count). The molecule has 2 aromatic carbocycles. The van der Waals surface area contributed by atoms with Crippen LogP contribution in [0, 0.1) is 6.92 Å². The van der Waals surface area contributed by atoms with E-state index in [4.69, 9.17) is 4.74 Å². The third kappa shape index (κ3) is 4.31. The van der Waals surface area contributed by atoms with Crippen LogP contribution in [0.5, 0.6) is 5.75 Å². The summed E-state index contributed by atoms with van der Waals surface area (Å²) >= 11 is 0. The highest BCUT2D eigenvalue weighted by Crippen LogP contribution is 2.28. The standard InChI is InChI=1S/C20H24N2O3/c1-15-9-10-18(21-20(24)22-11-5-8-17(22)13-23)19(12-15)25-14-16-6-3-2-4-7-16/h2-4,6-7,9-10,12,17,23H,5,8,11,13-14H2,1H3,(H,21,24)/t17-/m0/s1. The first-order valence-corrected chi connectivity index (χ1v) is 8.63. The maximum absolute atomic E-state index is 12.5. The van der Waals surface area contributed by atoms with E-state index in [1.165, 1.54) is 0 Å². The minimum Gasteiger partial charge on any atom is -0.487 e. The van der Waals surface area contributed by atoms with Gasteiger partial charge in [0.1, 0.15) is 12.4 Å². The van der Waals surface area contributed by atoms with Gasteiger partial charge in [-0.3, -0.25) is 0 Å². The van der Waals surface area contributed by atoms with Crippen molar-refractivity contribution in [3.8, 4) is 5.75 Å². The summed E-state index contributed by atoms with van der Waals surface area (Å²) in [6, 6.07) is 15.4. The number of ether oxygens (including phenoxy) is 1. The van der Waals surface area contributed by atoms with Crippen molar-refractivity contribution in [2.45, 2.75) is 32.4 Å². The molecule has 5 nitrogen and oxygen atoms in total. The zero-order valence-corrected chi connectivity index (χ0v) is 14.4. The Bertz CT molecular complexity index is 718. The molecular weight excluding hydrogens is 316 g/mol. The van der Waals surface area contributed by atoms with Crippen molar-refractivity contribution < 1.29 is 14.6 Å². The SMILES string of the molecule is Cc1ccc(NC(=O)N2CCC[C@H]2CO)c(OCc2ccccc2)c1. The smallest absolute Gasteiger partial charge is 0.322 e. The number of aryl methyl sites for hydroxylation is 1.